The number of rotatable bonds is 5. The molecule has 1 N–H and O–H groups in total. The molecule has 0 aliphatic heterocycles. The molecule has 86 valence electrons. The quantitative estimate of drug-likeness (QED) is 0.773. The Bertz CT molecular complexity index is 333. The second-order valence-corrected chi connectivity index (χ2v) is 3.25. The first-order valence-corrected chi connectivity index (χ1v) is 5.45. The fourth-order valence-corrected chi connectivity index (χ4v) is 1.22. The zero-order chi connectivity index (χ0) is 11.6. The third kappa shape index (κ3) is 5.20. The van der Waals surface area contributed by atoms with Crippen LogP contribution in [0.15, 0.2) is 36.4 Å². The Morgan fingerprint density at radius 1 is 1.38 bits per heavy atom. The van der Waals surface area contributed by atoms with E-state index in [1.54, 1.807) is 6.92 Å². The standard InChI is InChI=1S/C13H17NO2/c1-2-16-13(15)14-11-7-6-10-12-8-4-3-5-9-12/h3-6,8-10H,2,7,11H2,1H3,(H,14,15)/b10-6+. The zero-order valence-electron chi connectivity index (χ0n) is 9.48. The molecule has 0 saturated carbocycles. The van der Waals surface area contributed by atoms with Gasteiger partial charge in [-0.1, -0.05) is 42.5 Å². The van der Waals surface area contributed by atoms with Gasteiger partial charge in [-0.2, -0.15) is 0 Å². The van der Waals surface area contributed by atoms with Crippen molar-refractivity contribution in [3.63, 3.8) is 0 Å². The largest absolute Gasteiger partial charge is 0.450 e. The maximum Gasteiger partial charge on any atom is 0.407 e. The molecular formula is C13H17NO2. The van der Waals surface area contributed by atoms with Crippen molar-refractivity contribution >= 4 is 12.2 Å². The van der Waals surface area contributed by atoms with Crippen LogP contribution in [0.2, 0.25) is 0 Å². The average molecular weight is 219 g/mol. The van der Waals surface area contributed by atoms with Gasteiger partial charge in [0.15, 0.2) is 0 Å². The van der Waals surface area contributed by atoms with E-state index in [1.807, 2.05) is 42.5 Å². The summed E-state index contributed by atoms with van der Waals surface area (Å²) < 4.78 is 4.73. The molecule has 1 rings (SSSR count). The van der Waals surface area contributed by atoms with E-state index in [4.69, 9.17) is 4.74 Å². The summed E-state index contributed by atoms with van der Waals surface area (Å²) >= 11 is 0. The smallest absolute Gasteiger partial charge is 0.407 e. The lowest BCUT2D eigenvalue weighted by Gasteiger charge is -2.02. The van der Waals surface area contributed by atoms with Gasteiger partial charge in [0.25, 0.3) is 0 Å². The van der Waals surface area contributed by atoms with Gasteiger partial charge in [0, 0.05) is 6.54 Å². The molecular weight excluding hydrogens is 202 g/mol. The third-order valence-corrected chi connectivity index (χ3v) is 1.97. The molecule has 0 radical (unpaired) electrons. The monoisotopic (exact) mass is 219 g/mol. The summed E-state index contributed by atoms with van der Waals surface area (Å²) in [5, 5.41) is 2.66. The number of carbonyl (C=O) groups is 1. The summed E-state index contributed by atoms with van der Waals surface area (Å²) in [5.74, 6) is 0. The number of carbonyl (C=O) groups excluding carboxylic acids is 1. The van der Waals surface area contributed by atoms with E-state index in [1.165, 1.54) is 5.56 Å². The molecule has 3 heteroatoms. The Morgan fingerprint density at radius 3 is 2.81 bits per heavy atom. The Hall–Kier alpha value is -1.77. The zero-order valence-corrected chi connectivity index (χ0v) is 9.48. The normalized spacial score (nSPS) is 10.3. The van der Waals surface area contributed by atoms with Crippen LogP contribution in [0.1, 0.15) is 18.9 Å². The van der Waals surface area contributed by atoms with Crippen molar-refractivity contribution < 1.29 is 9.53 Å². The van der Waals surface area contributed by atoms with Gasteiger partial charge >= 0.3 is 6.09 Å². The Labute approximate surface area is 96.1 Å². The lowest BCUT2D eigenvalue weighted by atomic mass is 10.2. The van der Waals surface area contributed by atoms with Gasteiger partial charge < -0.3 is 10.1 Å². The summed E-state index contributed by atoms with van der Waals surface area (Å²) in [6.07, 6.45) is 4.51. The van der Waals surface area contributed by atoms with Gasteiger partial charge in [-0.15, -0.1) is 0 Å². The van der Waals surface area contributed by atoms with Gasteiger partial charge in [0.2, 0.25) is 0 Å². The van der Waals surface area contributed by atoms with Crippen molar-refractivity contribution in [2.75, 3.05) is 13.2 Å². The number of alkyl carbamates (subject to hydrolysis) is 1. The lowest BCUT2D eigenvalue weighted by Crippen LogP contribution is -2.24. The van der Waals surface area contributed by atoms with E-state index in [-0.39, 0.29) is 6.09 Å². The van der Waals surface area contributed by atoms with Gasteiger partial charge in [-0.25, -0.2) is 4.79 Å². The molecule has 0 saturated heterocycles. The first kappa shape index (κ1) is 12.3. The lowest BCUT2D eigenvalue weighted by molar-refractivity contribution is 0.152. The molecule has 0 spiro atoms. The molecule has 0 atom stereocenters. The minimum atomic E-state index is -0.351. The highest BCUT2D eigenvalue weighted by molar-refractivity contribution is 5.67. The molecule has 0 bridgehead atoms. The predicted octanol–water partition coefficient (Wildman–Crippen LogP) is 2.84. The highest BCUT2D eigenvalue weighted by atomic mass is 16.5. The highest BCUT2D eigenvalue weighted by Crippen LogP contribution is 2.01. The fraction of sp³-hybridized carbons (Fsp3) is 0.308. The van der Waals surface area contributed by atoms with Crippen LogP contribution in [0.5, 0.6) is 0 Å². The SMILES string of the molecule is CCOC(=O)NCC/C=C/c1ccccc1. The molecule has 1 aromatic rings. The van der Waals surface area contributed by atoms with E-state index < -0.39 is 0 Å². The first-order chi connectivity index (χ1) is 7.83. The van der Waals surface area contributed by atoms with Crippen molar-refractivity contribution in [2.24, 2.45) is 0 Å². The predicted molar refractivity (Wildman–Crippen MR) is 65.1 cm³/mol. The van der Waals surface area contributed by atoms with Crippen LogP contribution in [-0.4, -0.2) is 19.2 Å². The van der Waals surface area contributed by atoms with E-state index in [0.29, 0.717) is 13.2 Å². The van der Waals surface area contributed by atoms with Crippen LogP contribution in [0, 0.1) is 0 Å². The Balaban J connectivity index is 2.16. The third-order valence-electron chi connectivity index (χ3n) is 1.97. The number of ether oxygens (including phenoxy) is 1. The minimum absolute atomic E-state index is 0.351. The molecule has 1 aromatic carbocycles. The summed E-state index contributed by atoms with van der Waals surface area (Å²) in [6, 6.07) is 10.1. The summed E-state index contributed by atoms with van der Waals surface area (Å²) in [6.45, 7) is 2.79. The van der Waals surface area contributed by atoms with E-state index in [0.717, 1.165) is 6.42 Å². The first-order valence-electron chi connectivity index (χ1n) is 5.45. The summed E-state index contributed by atoms with van der Waals surface area (Å²) in [7, 11) is 0. The minimum Gasteiger partial charge on any atom is -0.450 e. The Kier molecular flexibility index (Phi) is 5.78. The number of nitrogens with one attached hydrogen (secondary N) is 1. The van der Waals surface area contributed by atoms with Crippen LogP contribution in [0.25, 0.3) is 6.08 Å². The van der Waals surface area contributed by atoms with Gasteiger partial charge in [-0.3, -0.25) is 0 Å². The molecule has 0 aliphatic rings. The van der Waals surface area contributed by atoms with Crippen LogP contribution >= 0.6 is 0 Å². The second-order valence-electron chi connectivity index (χ2n) is 3.25. The van der Waals surface area contributed by atoms with Gasteiger partial charge in [-0.05, 0) is 18.9 Å². The van der Waals surface area contributed by atoms with Crippen molar-refractivity contribution in [1.29, 1.82) is 0 Å². The molecule has 16 heavy (non-hydrogen) atoms. The number of hydrogen-bond acceptors (Lipinski definition) is 2. The number of benzene rings is 1. The molecule has 1 amide bonds. The molecule has 0 aliphatic carbocycles. The molecule has 3 nitrogen and oxygen atoms in total. The maximum atomic E-state index is 10.9. The second kappa shape index (κ2) is 7.51. The topological polar surface area (TPSA) is 38.3 Å². The summed E-state index contributed by atoms with van der Waals surface area (Å²) in [4.78, 5) is 10.9. The van der Waals surface area contributed by atoms with Crippen LogP contribution < -0.4 is 5.32 Å². The van der Waals surface area contributed by atoms with Crippen molar-refractivity contribution in [2.45, 2.75) is 13.3 Å². The molecule has 0 aromatic heterocycles. The Morgan fingerprint density at radius 2 is 2.12 bits per heavy atom. The van der Waals surface area contributed by atoms with Gasteiger partial charge in [0.05, 0.1) is 6.61 Å². The van der Waals surface area contributed by atoms with Crippen molar-refractivity contribution in [3.8, 4) is 0 Å². The van der Waals surface area contributed by atoms with Gasteiger partial charge in [0.1, 0.15) is 0 Å². The average Bonchev–Trinajstić information content (AvgIpc) is 2.30. The van der Waals surface area contributed by atoms with Crippen LogP contribution in [0.3, 0.4) is 0 Å². The maximum absolute atomic E-state index is 10.9. The molecule has 0 unspecified atom stereocenters. The van der Waals surface area contributed by atoms with Crippen LogP contribution in [-0.2, 0) is 4.74 Å². The van der Waals surface area contributed by atoms with E-state index in [9.17, 15) is 4.79 Å². The van der Waals surface area contributed by atoms with Crippen molar-refractivity contribution in [3.05, 3.63) is 42.0 Å². The van der Waals surface area contributed by atoms with E-state index in [2.05, 4.69) is 5.32 Å². The number of hydrogen-bond donors (Lipinski definition) is 1. The fourth-order valence-electron chi connectivity index (χ4n) is 1.22. The van der Waals surface area contributed by atoms with Crippen molar-refractivity contribution in [1.82, 2.24) is 5.32 Å². The highest BCUT2D eigenvalue weighted by Gasteiger charge is 1.95. The molecule has 0 fully saturated rings. The number of amides is 1. The molecule has 0 heterocycles. The van der Waals surface area contributed by atoms with E-state index >= 15 is 0 Å². The van der Waals surface area contributed by atoms with Crippen LogP contribution in [0.4, 0.5) is 4.79 Å². The summed E-state index contributed by atoms with van der Waals surface area (Å²) in [5.41, 5.74) is 1.17.